The molecule has 2 aromatic heterocycles. The molecule has 6 heteroatoms. The Labute approximate surface area is 185 Å². The molecular formula is C25H24FN3OS. The van der Waals surface area contributed by atoms with Crippen LogP contribution in [0.3, 0.4) is 0 Å². The molecule has 0 saturated carbocycles. The maximum absolute atomic E-state index is 14.1. The van der Waals surface area contributed by atoms with Crippen LogP contribution in [0.5, 0.6) is 0 Å². The molecule has 158 valence electrons. The van der Waals surface area contributed by atoms with Crippen molar-refractivity contribution in [2.45, 2.75) is 31.7 Å². The third-order valence-electron chi connectivity index (χ3n) is 6.03. The van der Waals surface area contributed by atoms with E-state index >= 15 is 0 Å². The van der Waals surface area contributed by atoms with Crippen molar-refractivity contribution in [3.63, 3.8) is 0 Å². The summed E-state index contributed by atoms with van der Waals surface area (Å²) < 4.78 is 16.3. The molecule has 1 saturated heterocycles. The topological polar surface area (TPSA) is 38.1 Å². The van der Waals surface area contributed by atoms with Gasteiger partial charge in [0.2, 0.25) is 5.91 Å². The van der Waals surface area contributed by atoms with Crippen molar-refractivity contribution in [1.82, 2.24) is 14.5 Å². The molecular weight excluding hydrogens is 409 g/mol. The van der Waals surface area contributed by atoms with E-state index in [9.17, 15) is 9.18 Å². The third kappa shape index (κ3) is 4.12. The van der Waals surface area contributed by atoms with Crippen molar-refractivity contribution in [1.29, 1.82) is 0 Å². The van der Waals surface area contributed by atoms with E-state index in [0.29, 0.717) is 6.42 Å². The Kier molecular flexibility index (Phi) is 5.55. The second-order valence-electron chi connectivity index (χ2n) is 8.00. The summed E-state index contributed by atoms with van der Waals surface area (Å²) in [5.74, 6) is 0.829. The summed E-state index contributed by atoms with van der Waals surface area (Å²) in [6, 6.07) is 19.1. The van der Waals surface area contributed by atoms with Crippen LogP contribution in [0.25, 0.3) is 22.4 Å². The first-order valence-electron chi connectivity index (χ1n) is 10.7. The predicted octanol–water partition coefficient (Wildman–Crippen LogP) is 5.70. The largest absolute Gasteiger partial charge is 0.343 e. The van der Waals surface area contributed by atoms with Crippen LogP contribution in [0.15, 0.2) is 66.0 Å². The van der Waals surface area contributed by atoms with E-state index in [4.69, 9.17) is 4.98 Å². The number of fused-ring (bicyclic) bond motifs is 1. The number of carbonyl (C=O) groups is 1. The number of hydrogen-bond donors (Lipinski definition) is 0. The minimum Gasteiger partial charge on any atom is -0.343 e. The molecule has 4 aromatic rings. The Morgan fingerprint density at radius 3 is 2.61 bits per heavy atom. The van der Waals surface area contributed by atoms with E-state index in [1.165, 1.54) is 10.9 Å². The molecule has 1 aliphatic rings. The zero-order valence-electron chi connectivity index (χ0n) is 17.2. The first kappa shape index (κ1) is 19.9. The highest BCUT2D eigenvalue weighted by Crippen LogP contribution is 2.33. The van der Waals surface area contributed by atoms with Crippen LogP contribution in [-0.4, -0.2) is 33.4 Å². The Morgan fingerprint density at radius 1 is 1.06 bits per heavy atom. The van der Waals surface area contributed by atoms with Gasteiger partial charge in [-0.05, 0) is 48.9 Å². The zero-order chi connectivity index (χ0) is 21.2. The molecule has 1 fully saturated rings. The second-order valence-corrected chi connectivity index (χ2v) is 9.03. The van der Waals surface area contributed by atoms with Crippen LogP contribution < -0.4 is 0 Å². The molecule has 0 atom stereocenters. The molecule has 5 rings (SSSR count). The van der Waals surface area contributed by atoms with Crippen molar-refractivity contribution in [2.24, 2.45) is 0 Å². The number of amides is 1. The van der Waals surface area contributed by atoms with E-state index in [0.717, 1.165) is 54.8 Å². The zero-order valence-corrected chi connectivity index (χ0v) is 18.0. The van der Waals surface area contributed by atoms with Crippen LogP contribution in [0.4, 0.5) is 4.39 Å². The van der Waals surface area contributed by atoms with Gasteiger partial charge >= 0.3 is 0 Å². The van der Waals surface area contributed by atoms with Gasteiger partial charge in [0.25, 0.3) is 0 Å². The standard InChI is InChI=1S/C25H24FN3OS/c26-19-8-10-22-23(17-19)29(25(27-22)18-5-2-1-3-6-18)20-12-14-28(15-13-20)24(30)11-9-21-7-4-16-31-21/h1-8,10,16-17,20H,9,11-15H2. The highest BCUT2D eigenvalue weighted by atomic mass is 32.1. The molecule has 0 radical (unpaired) electrons. The van der Waals surface area contributed by atoms with E-state index < -0.39 is 0 Å². The number of aryl methyl sites for hydroxylation is 1. The van der Waals surface area contributed by atoms with Gasteiger partial charge in [0.15, 0.2) is 0 Å². The summed E-state index contributed by atoms with van der Waals surface area (Å²) >= 11 is 1.70. The van der Waals surface area contributed by atoms with Crippen molar-refractivity contribution in [3.05, 3.63) is 76.7 Å². The maximum Gasteiger partial charge on any atom is 0.222 e. The van der Waals surface area contributed by atoms with Crippen LogP contribution in [0.2, 0.25) is 0 Å². The molecule has 4 nitrogen and oxygen atoms in total. The average molecular weight is 434 g/mol. The fourth-order valence-corrected chi connectivity index (χ4v) is 5.15. The van der Waals surface area contributed by atoms with E-state index in [1.54, 1.807) is 23.5 Å². The molecule has 1 aliphatic heterocycles. The van der Waals surface area contributed by atoms with Crippen LogP contribution >= 0.6 is 11.3 Å². The normalized spacial score (nSPS) is 14.9. The van der Waals surface area contributed by atoms with Gasteiger partial charge in [-0.1, -0.05) is 36.4 Å². The molecule has 0 aliphatic carbocycles. The monoisotopic (exact) mass is 433 g/mol. The van der Waals surface area contributed by atoms with Gasteiger partial charge < -0.3 is 9.47 Å². The smallest absolute Gasteiger partial charge is 0.222 e. The van der Waals surface area contributed by atoms with Gasteiger partial charge in [-0.15, -0.1) is 11.3 Å². The fourth-order valence-electron chi connectivity index (χ4n) is 4.44. The van der Waals surface area contributed by atoms with Crippen molar-refractivity contribution >= 4 is 28.3 Å². The van der Waals surface area contributed by atoms with Crippen molar-refractivity contribution in [3.8, 4) is 11.4 Å². The van der Waals surface area contributed by atoms with Crippen molar-refractivity contribution < 1.29 is 9.18 Å². The first-order valence-corrected chi connectivity index (χ1v) is 11.6. The number of nitrogens with zero attached hydrogens (tertiary/aromatic N) is 3. The minimum atomic E-state index is -0.255. The van der Waals surface area contributed by atoms with Gasteiger partial charge in [0.05, 0.1) is 11.0 Å². The predicted molar refractivity (Wildman–Crippen MR) is 123 cm³/mol. The van der Waals surface area contributed by atoms with E-state index in [2.05, 4.69) is 10.6 Å². The number of piperidine rings is 1. The SMILES string of the molecule is O=C(CCc1cccs1)N1CCC(n2c(-c3ccccc3)nc3ccc(F)cc32)CC1. The highest BCUT2D eigenvalue weighted by molar-refractivity contribution is 7.09. The summed E-state index contributed by atoms with van der Waals surface area (Å²) in [6.45, 7) is 1.44. The fraction of sp³-hybridized carbons (Fsp3) is 0.280. The number of benzene rings is 2. The Bertz CT molecular complexity index is 1180. The quantitative estimate of drug-likeness (QED) is 0.405. The van der Waals surface area contributed by atoms with Crippen molar-refractivity contribution in [2.75, 3.05) is 13.1 Å². The first-order chi connectivity index (χ1) is 15.2. The second kappa shape index (κ2) is 8.63. The van der Waals surface area contributed by atoms with Gasteiger partial charge in [0.1, 0.15) is 11.6 Å². The number of thiophene rings is 1. The Balaban J connectivity index is 1.36. The number of imidazole rings is 1. The van der Waals surface area contributed by atoms with Crippen LogP contribution in [0, 0.1) is 5.82 Å². The van der Waals surface area contributed by atoms with Gasteiger partial charge in [-0.25, -0.2) is 9.37 Å². The number of hydrogen-bond acceptors (Lipinski definition) is 3. The van der Waals surface area contributed by atoms with Crippen LogP contribution in [0.1, 0.15) is 30.2 Å². The summed E-state index contributed by atoms with van der Waals surface area (Å²) in [7, 11) is 0. The average Bonchev–Trinajstić information content (AvgIpc) is 3.46. The molecule has 0 N–H and O–H groups in total. The Hall–Kier alpha value is -2.99. The number of likely N-dealkylation sites (tertiary alicyclic amines) is 1. The molecule has 2 aromatic carbocycles. The molecule has 3 heterocycles. The number of rotatable bonds is 5. The van der Waals surface area contributed by atoms with Gasteiger partial charge in [0, 0.05) is 36.0 Å². The number of aromatic nitrogens is 2. The summed E-state index contributed by atoms with van der Waals surface area (Å²) in [6.07, 6.45) is 3.04. The van der Waals surface area contributed by atoms with Gasteiger partial charge in [-0.3, -0.25) is 4.79 Å². The molecule has 0 bridgehead atoms. The van der Waals surface area contributed by atoms with Gasteiger partial charge in [-0.2, -0.15) is 0 Å². The lowest BCUT2D eigenvalue weighted by Crippen LogP contribution is -2.39. The number of halogens is 1. The lowest BCUT2D eigenvalue weighted by molar-refractivity contribution is -0.132. The molecule has 1 amide bonds. The maximum atomic E-state index is 14.1. The summed E-state index contributed by atoms with van der Waals surface area (Å²) in [5, 5.41) is 2.05. The lowest BCUT2D eigenvalue weighted by Gasteiger charge is -2.33. The summed E-state index contributed by atoms with van der Waals surface area (Å²) in [4.78, 5) is 20.8. The Morgan fingerprint density at radius 2 is 1.87 bits per heavy atom. The lowest BCUT2D eigenvalue weighted by atomic mass is 10.0. The highest BCUT2D eigenvalue weighted by Gasteiger charge is 2.27. The number of carbonyl (C=O) groups excluding carboxylic acids is 1. The third-order valence-corrected chi connectivity index (χ3v) is 6.97. The van der Waals surface area contributed by atoms with E-state index in [-0.39, 0.29) is 17.8 Å². The minimum absolute atomic E-state index is 0.184. The van der Waals surface area contributed by atoms with E-state index in [1.807, 2.05) is 46.7 Å². The molecule has 0 spiro atoms. The van der Waals surface area contributed by atoms with Crippen LogP contribution in [-0.2, 0) is 11.2 Å². The summed E-state index contributed by atoms with van der Waals surface area (Å²) in [5.41, 5.74) is 2.64. The molecule has 31 heavy (non-hydrogen) atoms. The molecule has 0 unspecified atom stereocenters.